The molecule has 12 aromatic rings. The summed E-state index contributed by atoms with van der Waals surface area (Å²) in [5, 5.41) is 0. The van der Waals surface area contributed by atoms with E-state index in [-0.39, 0.29) is 6.71 Å². The molecule has 0 radical (unpaired) electrons. The van der Waals surface area contributed by atoms with Crippen LogP contribution in [0.1, 0.15) is 22.3 Å². The fourth-order valence-corrected chi connectivity index (χ4v) is 13.7. The lowest BCUT2D eigenvalue weighted by atomic mass is 9.33. The molecule has 0 unspecified atom stereocenters. The predicted molar refractivity (Wildman–Crippen MR) is 322 cm³/mol. The predicted octanol–water partition coefficient (Wildman–Crippen LogP) is 16.9. The van der Waals surface area contributed by atoms with Crippen LogP contribution in [-0.4, -0.2) is 6.71 Å². The summed E-state index contributed by atoms with van der Waals surface area (Å²) in [6.45, 7) is -0.0770. The van der Waals surface area contributed by atoms with Crippen LogP contribution in [0.25, 0.3) is 44.5 Å². The summed E-state index contributed by atoms with van der Waals surface area (Å²) in [7, 11) is 0. The van der Waals surface area contributed by atoms with Gasteiger partial charge in [-0.2, -0.15) is 0 Å². The lowest BCUT2D eigenvalue weighted by molar-refractivity contribution is 0.794. The lowest BCUT2D eigenvalue weighted by Crippen LogP contribution is -2.61. The van der Waals surface area contributed by atoms with E-state index in [1.54, 1.807) is 0 Å². The monoisotopic (exact) mass is 977 g/mol. The van der Waals surface area contributed by atoms with E-state index in [1.165, 1.54) is 94.5 Å². The van der Waals surface area contributed by atoms with Crippen LogP contribution in [0.5, 0.6) is 0 Å². The van der Waals surface area contributed by atoms with Gasteiger partial charge in [0.25, 0.3) is 6.71 Å². The van der Waals surface area contributed by atoms with Gasteiger partial charge < -0.3 is 14.7 Å². The third-order valence-corrected chi connectivity index (χ3v) is 16.8. The number of para-hydroxylation sites is 3. The maximum atomic E-state index is 2.58. The molecule has 358 valence electrons. The van der Waals surface area contributed by atoms with Gasteiger partial charge in [0.2, 0.25) is 0 Å². The summed E-state index contributed by atoms with van der Waals surface area (Å²) in [6, 6.07) is 108. The highest BCUT2D eigenvalue weighted by Gasteiger charge is 2.52. The Morgan fingerprint density at radius 3 is 1.30 bits per heavy atom. The number of anilines is 9. The smallest absolute Gasteiger partial charge is 0.252 e. The van der Waals surface area contributed by atoms with Crippen LogP contribution in [0.2, 0.25) is 0 Å². The molecule has 4 aliphatic rings. The number of hydrogen-bond acceptors (Lipinski definition) is 3. The minimum atomic E-state index is -0.440. The second-order valence-electron chi connectivity index (χ2n) is 20.7. The molecule has 12 aromatic carbocycles. The maximum Gasteiger partial charge on any atom is 0.252 e. The molecule has 0 aromatic heterocycles. The van der Waals surface area contributed by atoms with Crippen LogP contribution >= 0.6 is 0 Å². The van der Waals surface area contributed by atoms with Crippen LogP contribution in [0.3, 0.4) is 0 Å². The Morgan fingerprint density at radius 2 is 0.701 bits per heavy atom. The van der Waals surface area contributed by atoms with Gasteiger partial charge in [-0.25, -0.2) is 0 Å². The van der Waals surface area contributed by atoms with E-state index < -0.39 is 5.41 Å². The summed E-state index contributed by atoms with van der Waals surface area (Å²) < 4.78 is 0. The molecular formula is C73H48BN3. The molecule has 0 saturated carbocycles. The average molecular weight is 978 g/mol. The summed E-state index contributed by atoms with van der Waals surface area (Å²) in [6.07, 6.45) is 0. The van der Waals surface area contributed by atoms with Crippen molar-refractivity contribution >= 4 is 74.3 Å². The zero-order valence-corrected chi connectivity index (χ0v) is 42.1. The minimum Gasteiger partial charge on any atom is -0.311 e. The van der Waals surface area contributed by atoms with Crippen LogP contribution in [-0.2, 0) is 5.41 Å². The summed E-state index contributed by atoms with van der Waals surface area (Å²) in [4.78, 5) is 7.54. The van der Waals surface area contributed by atoms with Crippen molar-refractivity contribution in [3.8, 4) is 44.5 Å². The van der Waals surface area contributed by atoms with Gasteiger partial charge in [-0.15, -0.1) is 0 Å². The number of rotatable bonds is 7. The zero-order valence-electron chi connectivity index (χ0n) is 42.1. The molecule has 0 atom stereocenters. The molecule has 77 heavy (non-hydrogen) atoms. The van der Waals surface area contributed by atoms with Crippen molar-refractivity contribution in [3.05, 3.63) is 313 Å². The quantitative estimate of drug-likeness (QED) is 0.147. The highest BCUT2D eigenvalue weighted by molar-refractivity contribution is 7.00. The van der Waals surface area contributed by atoms with E-state index in [1.807, 2.05) is 0 Å². The number of benzene rings is 12. The molecule has 0 fully saturated rings. The second kappa shape index (κ2) is 17.1. The molecule has 3 nitrogen and oxygen atoms in total. The van der Waals surface area contributed by atoms with Crippen molar-refractivity contribution in [2.45, 2.75) is 5.41 Å². The maximum absolute atomic E-state index is 2.58. The normalized spacial score (nSPS) is 13.5. The van der Waals surface area contributed by atoms with Gasteiger partial charge in [0.05, 0.1) is 11.1 Å². The van der Waals surface area contributed by atoms with Crippen LogP contribution in [0, 0.1) is 0 Å². The van der Waals surface area contributed by atoms with Gasteiger partial charge in [-0.3, -0.25) is 0 Å². The number of fused-ring (bicyclic) bond motifs is 14. The Kier molecular flexibility index (Phi) is 9.65. The lowest BCUT2D eigenvalue weighted by Gasteiger charge is -2.45. The van der Waals surface area contributed by atoms with Crippen molar-refractivity contribution in [3.63, 3.8) is 0 Å². The van der Waals surface area contributed by atoms with Crippen LogP contribution < -0.4 is 31.1 Å². The molecule has 2 aliphatic heterocycles. The van der Waals surface area contributed by atoms with E-state index in [9.17, 15) is 0 Å². The molecule has 0 bridgehead atoms. The molecule has 1 spiro atoms. The average Bonchev–Trinajstić information content (AvgIpc) is 4.17. The van der Waals surface area contributed by atoms with Gasteiger partial charge in [0.1, 0.15) is 0 Å². The van der Waals surface area contributed by atoms with Gasteiger partial charge in [-0.1, -0.05) is 218 Å². The largest absolute Gasteiger partial charge is 0.311 e. The number of nitrogens with zero attached hydrogens (tertiary/aromatic N) is 3. The Balaban J connectivity index is 0.985. The molecule has 0 saturated heterocycles. The van der Waals surface area contributed by atoms with Gasteiger partial charge >= 0.3 is 0 Å². The van der Waals surface area contributed by atoms with Gasteiger partial charge in [0.15, 0.2) is 0 Å². The van der Waals surface area contributed by atoms with E-state index in [2.05, 4.69) is 306 Å². The third-order valence-electron chi connectivity index (χ3n) is 16.8. The standard InChI is InChI=1S/C73H48BN3/c1-5-21-49(22-6-1)51-37-40-55(41-38-51)76-69-44-39-52(50-23-7-2-8-24-50)45-67(69)74-66-35-19-20-36-68(66)77(71-48-57(47-70(76)72(71)74)75(53-25-9-3-10-26-53)54-27-11-4-12-28-54)56-42-43-65-61(46-56)60-31-15-18-34-64(60)73(65)62-32-16-13-29-58(62)59-30-14-17-33-63(59)73/h1-48H. The van der Waals surface area contributed by atoms with E-state index in [0.717, 1.165) is 39.8 Å². The third kappa shape index (κ3) is 6.39. The Labute approximate surface area is 450 Å². The van der Waals surface area contributed by atoms with Gasteiger partial charge in [-0.05, 0) is 156 Å². The molecule has 2 heterocycles. The van der Waals surface area contributed by atoms with Crippen molar-refractivity contribution in [2.24, 2.45) is 0 Å². The number of hydrogen-bond donors (Lipinski definition) is 0. The first-order valence-electron chi connectivity index (χ1n) is 26.8. The fraction of sp³-hybridized carbons (Fsp3) is 0.0137. The minimum absolute atomic E-state index is 0.0770. The molecular weight excluding hydrogens is 930 g/mol. The first-order valence-corrected chi connectivity index (χ1v) is 26.8. The van der Waals surface area contributed by atoms with Crippen molar-refractivity contribution in [1.82, 2.24) is 0 Å². The van der Waals surface area contributed by atoms with Crippen molar-refractivity contribution < 1.29 is 0 Å². The fourth-order valence-electron chi connectivity index (χ4n) is 13.7. The summed E-state index contributed by atoms with van der Waals surface area (Å²) in [5.74, 6) is 0. The van der Waals surface area contributed by atoms with E-state index >= 15 is 0 Å². The zero-order chi connectivity index (χ0) is 50.6. The molecule has 4 heteroatoms. The molecule has 2 aliphatic carbocycles. The highest BCUT2D eigenvalue weighted by Crippen LogP contribution is 2.63. The second-order valence-corrected chi connectivity index (χ2v) is 20.7. The van der Waals surface area contributed by atoms with E-state index in [0.29, 0.717) is 0 Å². The summed E-state index contributed by atoms with van der Waals surface area (Å²) >= 11 is 0. The van der Waals surface area contributed by atoms with Crippen molar-refractivity contribution in [1.29, 1.82) is 0 Å². The first kappa shape index (κ1) is 43.5. The first-order chi connectivity index (χ1) is 38.2. The Hall–Kier alpha value is -9.90. The Bertz CT molecular complexity index is 4200. The molecule has 0 amide bonds. The topological polar surface area (TPSA) is 9.72 Å². The van der Waals surface area contributed by atoms with E-state index in [4.69, 9.17) is 0 Å². The molecule has 0 N–H and O–H groups in total. The molecule has 16 rings (SSSR count). The highest BCUT2D eigenvalue weighted by atomic mass is 15.2. The Morgan fingerprint density at radius 1 is 0.273 bits per heavy atom. The van der Waals surface area contributed by atoms with Crippen molar-refractivity contribution in [2.75, 3.05) is 14.7 Å². The van der Waals surface area contributed by atoms with Crippen LogP contribution in [0.15, 0.2) is 291 Å². The van der Waals surface area contributed by atoms with Gasteiger partial charge in [0, 0.05) is 45.5 Å². The van der Waals surface area contributed by atoms with Crippen LogP contribution in [0.4, 0.5) is 51.2 Å². The summed E-state index contributed by atoms with van der Waals surface area (Å²) in [5.41, 5.74) is 28.8. The SMILES string of the molecule is c1ccc(-c2ccc(N3c4ccc(-c5ccccc5)cc4B4c5ccccc5N(c5ccc6c(c5)-c5ccccc5C65c6ccccc6-c6ccccc65)c5cc(N(c6ccccc6)c6ccccc6)cc3c54)cc2)cc1.